The second-order valence-corrected chi connectivity index (χ2v) is 8.15. The van der Waals surface area contributed by atoms with Gasteiger partial charge in [-0.3, -0.25) is 0 Å². The van der Waals surface area contributed by atoms with E-state index in [0.717, 1.165) is 0 Å². The van der Waals surface area contributed by atoms with E-state index >= 15 is 0 Å². The number of aromatic nitrogens is 2. The molecule has 132 valence electrons. The summed E-state index contributed by atoms with van der Waals surface area (Å²) in [6, 6.07) is 25.1. The van der Waals surface area contributed by atoms with E-state index in [9.17, 15) is 0 Å². The Balaban J connectivity index is 0.000000151. The molecular weight excluding hydrogens is 356 g/mol. The molecule has 4 heteroatoms. The molecule has 2 aromatic carbocycles. The summed E-state index contributed by atoms with van der Waals surface area (Å²) in [6.07, 6.45) is 8.37. The van der Waals surface area contributed by atoms with Crippen LogP contribution in [0.4, 0.5) is 0 Å². The maximum Gasteiger partial charge on any atom is 0.0299 e. The highest BCUT2D eigenvalue weighted by molar-refractivity contribution is 7.99. The third-order valence-electron chi connectivity index (χ3n) is 3.57. The van der Waals surface area contributed by atoms with Crippen molar-refractivity contribution in [3.63, 3.8) is 0 Å². The summed E-state index contributed by atoms with van der Waals surface area (Å²) in [4.78, 5) is 5.14. The van der Waals surface area contributed by atoms with Crippen molar-refractivity contribution < 1.29 is 0 Å². The first kappa shape index (κ1) is 18.5. The van der Waals surface area contributed by atoms with Gasteiger partial charge in [-0.05, 0) is 36.4 Å². The van der Waals surface area contributed by atoms with Gasteiger partial charge in [0.15, 0.2) is 0 Å². The molecule has 0 aliphatic rings. The summed E-state index contributed by atoms with van der Waals surface area (Å²) < 4.78 is 4.12. The number of nitrogens with zero attached hydrogens (tertiary/aromatic N) is 2. The number of hydrogen-bond donors (Lipinski definition) is 0. The van der Waals surface area contributed by atoms with Gasteiger partial charge < -0.3 is 9.13 Å². The first-order valence-electron chi connectivity index (χ1n) is 8.39. The largest absolute Gasteiger partial charge is 0.356 e. The quantitative estimate of drug-likeness (QED) is 0.409. The van der Waals surface area contributed by atoms with Crippen molar-refractivity contribution in [1.29, 1.82) is 0 Å². The molecule has 0 aliphatic heterocycles. The van der Waals surface area contributed by atoms with Crippen LogP contribution in [0.5, 0.6) is 0 Å². The van der Waals surface area contributed by atoms with Crippen LogP contribution in [0.3, 0.4) is 0 Å². The van der Waals surface area contributed by atoms with Gasteiger partial charge in [0, 0.05) is 58.5 Å². The second kappa shape index (κ2) is 9.41. The third-order valence-corrected chi connectivity index (χ3v) is 5.54. The molecule has 4 aromatic rings. The Morgan fingerprint density at radius 1 is 0.500 bits per heavy atom. The van der Waals surface area contributed by atoms with E-state index in [2.05, 4.69) is 94.6 Å². The normalized spacial score (nSPS) is 10.2. The number of benzene rings is 2. The molecule has 2 heterocycles. The van der Waals surface area contributed by atoms with Gasteiger partial charge in [-0.2, -0.15) is 0 Å². The van der Waals surface area contributed by atoms with Crippen molar-refractivity contribution >= 4 is 23.5 Å². The Morgan fingerprint density at radius 3 is 1.23 bits per heavy atom. The van der Waals surface area contributed by atoms with Crippen LogP contribution in [-0.2, 0) is 14.1 Å². The summed E-state index contributed by atoms with van der Waals surface area (Å²) in [5.41, 5.74) is 0. The van der Waals surface area contributed by atoms with Gasteiger partial charge in [0.05, 0.1) is 0 Å². The van der Waals surface area contributed by atoms with Gasteiger partial charge in [-0.25, -0.2) is 0 Å². The van der Waals surface area contributed by atoms with E-state index in [-0.39, 0.29) is 0 Å². The van der Waals surface area contributed by atoms with Gasteiger partial charge in [-0.1, -0.05) is 59.9 Å². The maximum atomic E-state index is 2.12. The Labute approximate surface area is 163 Å². The molecule has 0 spiro atoms. The number of hydrogen-bond acceptors (Lipinski definition) is 2. The van der Waals surface area contributed by atoms with E-state index in [4.69, 9.17) is 0 Å². The Morgan fingerprint density at radius 2 is 0.885 bits per heavy atom. The van der Waals surface area contributed by atoms with Crippen LogP contribution < -0.4 is 0 Å². The fraction of sp³-hybridized carbons (Fsp3) is 0.0909. The molecule has 0 aliphatic carbocycles. The Hall–Kier alpha value is -2.30. The monoisotopic (exact) mass is 378 g/mol. The van der Waals surface area contributed by atoms with E-state index < -0.39 is 0 Å². The number of rotatable bonds is 4. The van der Waals surface area contributed by atoms with Crippen LogP contribution in [0, 0.1) is 0 Å². The van der Waals surface area contributed by atoms with Crippen LogP contribution >= 0.6 is 23.5 Å². The van der Waals surface area contributed by atoms with Crippen molar-refractivity contribution in [2.75, 3.05) is 0 Å². The molecule has 0 amide bonds. The van der Waals surface area contributed by atoms with E-state index in [0.29, 0.717) is 0 Å². The molecule has 0 saturated heterocycles. The zero-order valence-corrected chi connectivity index (χ0v) is 16.6. The highest BCUT2D eigenvalue weighted by atomic mass is 32.2. The molecule has 0 unspecified atom stereocenters. The topological polar surface area (TPSA) is 9.86 Å². The van der Waals surface area contributed by atoms with Crippen molar-refractivity contribution in [2.45, 2.75) is 19.6 Å². The molecule has 0 atom stereocenters. The lowest BCUT2D eigenvalue weighted by Gasteiger charge is -1.99. The average molecular weight is 379 g/mol. The van der Waals surface area contributed by atoms with E-state index in [1.807, 2.05) is 26.2 Å². The fourth-order valence-electron chi connectivity index (χ4n) is 2.33. The number of aryl methyl sites for hydroxylation is 2. The van der Waals surface area contributed by atoms with Crippen molar-refractivity contribution in [2.24, 2.45) is 14.1 Å². The smallest absolute Gasteiger partial charge is 0.0299 e. The summed E-state index contributed by atoms with van der Waals surface area (Å²) in [5, 5.41) is 0. The minimum atomic E-state index is 1.29. The van der Waals surface area contributed by atoms with Crippen LogP contribution in [0.1, 0.15) is 0 Å². The molecule has 0 fully saturated rings. The predicted octanol–water partition coefficient (Wildman–Crippen LogP) is 6.35. The molecule has 0 saturated carbocycles. The second-order valence-electron chi connectivity index (χ2n) is 5.86. The molecule has 2 nitrogen and oxygen atoms in total. The molecule has 4 rings (SSSR count). The highest BCUT2D eigenvalue weighted by Gasteiger charge is 1.99. The zero-order chi connectivity index (χ0) is 18.2. The Kier molecular flexibility index (Phi) is 6.69. The average Bonchev–Trinajstić information content (AvgIpc) is 3.25. The molecule has 0 bridgehead atoms. The first-order chi connectivity index (χ1) is 12.7. The minimum absolute atomic E-state index is 1.29. The lowest BCUT2D eigenvalue weighted by atomic mass is 10.4. The fourth-order valence-corrected chi connectivity index (χ4v) is 4.15. The first-order valence-corrected chi connectivity index (χ1v) is 10.0. The van der Waals surface area contributed by atoms with Crippen molar-refractivity contribution in [3.05, 3.63) is 97.6 Å². The summed E-state index contributed by atoms with van der Waals surface area (Å²) in [7, 11) is 4.07. The summed E-state index contributed by atoms with van der Waals surface area (Å²) in [5.74, 6) is 0. The zero-order valence-electron chi connectivity index (χ0n) is 14.9. The van der Waals surface area contributed by atoms with Crippen LogP contribution in [0.15, 0.2) is 117 Å². The van der Waals surface area contributed by atoms with Crippen LogP contribution in [0.25, 0.3) is 0 Å². The summed E-state index contributed by atoms with van der Waals surface area (Å²) >= 11 is 3.58. The molecule has 0 N–H and O–H groups in total. The third kappa shape index (κ3) is 5.90. The van der Waals surface area contributed by atoms with E-state index in [1.54, 1.807) is 23.5 Å². The lowest BCUT2D eigenvalue weighted by molar-refractivity contribution is 0.918. The lowest BCUT2D eigenvalue weighted by Crippen LogP contribution is -1.77. The molecule has 2 aromatic heterocycles. The van der Waals surface area contributed by atoms with Gasteiger partial charge in [-0.15, -0.1) is 0 Å². The summed E-state index contributed by atoms with van der Waals surface area (Å²) in [6.45, 7) is 0. The SMILES string of the molecule is Cn1ccc(Sc2ccn(C)c2)c1.c1ccc(Sc2ccccc2)cc1. The van der Waals surface area contributed by atoms with Crippen LogP contribution in [0.2, 0.25) is 0 Å². The van der Waals surface area contributed by atoms with Gasteiger partial charge >= 0.3 is 0 Å². The molecule has 26 heavy (non-hydrogen) atoms. The maximum absolute atomic E-state index is 2.12. The van der Waals surface area contributed by atoms with Crippen LogP contribution in [-0.4, -0.2) is 9.13 Å². The Bertz CT molecular complexity index is 836. The van der Waals surface area contributed by atoms with Crippen molar-refractivity contribution in [3.8, 4) is 0 Å². The predicted molar refractivity (Wildman–Crippen MR) is 112 cm³/mol. The van der Waals surface area contributed by atoms with Gasteiger partial charge in [0.2, 0.25) is 0 Å². The highest BCUT2D eigenvalue weighted by Crippen LogP contribution is 2.27. The molecular formula is C22H22N2S2. The van der Waals surface area contributed by atoms with Gasteiger partial charge in [0.25, 0.3) is 0 Å². The van der Waals surface area contributed by atoms with Crippen molar-refractivity contribution in [1.82, 2.24) is 9.13 Å². The standard InChI is InChI=1S/C12H10S.C10H12N2S/c1-3-7-11(8-4-1)13-12-9-5-2-6-10-12;1-11-5-3-9(7-11)13-10-4-6-12(2)8-10/h1-10H;3-8H,1-2H3. The van der Waals surface area contributed by atoms with Gasteiger partial charge in [0.1, 0.15) is 0 Å². The minimum Gasteiger partial charge on any atom is -0.356 e. The van der Waals surface area contributed by atoms with E-state index in [1.165, 1.54) is 19.6 Å². The molecule has 0 radical (unpaired) electrons.